The number of nitrogens with zero attached hydrogens (tertiary/aromatic N) is 3. The van der Waals surface area contributed by atoms with E-state index in [4.69, 9.17) is 0 Å². The lowest BCUT2D eigenvalue weighted by Crippen LogP contribution is -2.47. The maximum Gasteiger partial charge on any atom is 0.296 e. The van der Waals surface area contributed by atoms with Crippen LogP contribution in [0.15, 0.2) is 12.4 Å². The summed E-state index contributed by atoms with van der Waals surface area (Å²) in [6.07, 6.45) is 4.53. The summed E-state index contributed by atoms with van der Waals surface area (Å²) in [5.41, 5.74) is 1.04. The molecule has 1 saturated heterocycles. The molecule has 0 aliphatic carbocycles. The molecule has 0 radical (unpaired) electrons. The van der Waals surface area contributed by atoms with E-state index in [1.54, 1.807) is 13.3 Å². The third-order valence-corrected chi connectivity index (χ3v) is 3.39. The number of rotatable bonds is 3. The van der Waals surface area contributed by atoms with Gasteiger partial charge in [0.15, 0.2) is 0 Å². The van der Waals surface area contributed by atoms with Crippen LogP contribution in [0.1, 0.15) is 32.4 Å². The molecule has 5 nitrogen and oxygen atoms in total. The molecular weight excluding hydrogens is 252 g/mol. The average molecular weight is 272 g/mol. The third-order valence-electron chi connectivity index (χ3n) is 3.39. The third kappa shape index (κ3) is 3.70. The summed E-state index contributed by atoms with van der Waals surface area (Å²) >= 11 is 0. The maximum absolute atomic E-state index is 11.5. The summed E-state index contributed by atoms with van der Waals surface area (Å²) < 4.78 is 0. The number of aryl methyl sites for hydroxylation is 1. The van der Waals surface area contributed by atoms with E-state index in [0.717, 1.165) is 43.9 Å². The quantitative estimate of drug-likeness (QED) is 0.839. The number of nitrogens with one attached hydrogen (secondary N) is 1. The van der Waals surface area contributed by atoms with Gasteiger partial charge in [0.25, 0.3) is 5.91 Å². The number of carbonyl (C=O) groups excluding carboxylic acids is 1. The first-order valence-electron chi connectivity index (χ1n) is 7.02. The van der Waals surface area contributed by atoms with Crippen LogP contribution in [-0.2, 0) is 11.2 Å². The second-order valence-corrected chi connectivity index (χ2v) is 4.85. The number of carbonyl (C=O) groups is 1. The van der Waals surface area contributed by atoms with E-state index in [1.165, 1.54) is 0 Å². The van der Waals surface area contributed by atoms with Crippen molar-refractivity contribution in [2.45, 2.75) is 39.2 Å². The summed E-state index contributed by atoms with van der Waals surface area (Å²) in [6, 6.07) is 2.16. The lowest BCUT2D eigenvalue weighted by Gasteiger charge is -2.33. The molecule has 0 saturated carbocycles. The van der Waals surface area contributed by atoms with Gasteiger partial charge in [-0.15, -0.1) is 0 Å². The molecule has 1 fully saturated rings. The normalized spacial score (nSPS) is 18.1. The standard InChI is InChI=1S/C15H20N4O/c1-3-6-15(20)18-13-7-5-8-19(10-13)14-9-12(4-2)16-11-17-14/h9,11,13H,4-5,7-8,10H2,1-2H3,(H,18,20)/t13-/m1/s1. The van der Waals surface area contributed by atoms with E-state index in [1.807, 2.05) is 6.07 Å². The highest BCUT2D eigenvalue weighted by atomic mass is 16.1. The number of hydrogen-bond acceptors (Lipinski definition) is 4. The van der Waals surface area contributed by atoms with Gasteiger partial charge in [-0.25, -0.2) is 9.97 Å². The van der Waals surface area contributed by atoms with Gasteiger partial charge in [0, 0.05) is 30.9 Å². The zero-order valence-electron chi connectivity index (χ0n) is 12.0. The Labute approximate surface area is 119 Å². The maximum atomic E-state index is 11.5. The van der Waals surface area contributed by atoms with Crippen molar-refractivity contribution in [3.8, 4) is 11.8 Å². The monoisotopic (exact) mass is 272 g/mol. The fraction of sp³-hybridized carbons (Fsp3) is 0.533. The Morgan fingerprint density at radius 1 is 1.55 bits per heavy atom. The van der Waals surface area contributed by atoms with Gasteiger partial charge in [0.05, 0.1) is 0 Å². The van der Waals surface area contributed by atoms with Crippen LogP contribution in [0.4, 0.5) is 5.82 Å². The highest BCUT2D eigenvalue weighted by Crippen LogP contribution is 2.18. The van der Waals surface area contributed by atoms with E-state index in [-0.39, 0.29) is 11.9 Å². The molecule has 106 valence electrons. The molecule has 0 unspecified atom stereocenters. The van der Waals surface area contributed by atoms with Crippen molar-refractivity contribution in [3.63, 3.8) is 0 Å². The predicted octanol–water partition coefficient (Wildman–Crippen LogP) is 1.15. The van der Waals surface area contributed by atoms with Crippen molar-refractivity contribution in [2.24, 2.45) is 0 Å². The average Bonchev–Trinajstić information content (AvgIpc) is 2.48. The first-order valence-corrected chi connectivity index (χ1v) is 7.02. The molecule has 1 aliphatic heterocycles. The second-order valence-electron chi connectivity index (χ2n) is 4.85. The Morgan fingerprint density at radius 3 is 3.15 bits per heavy atom. The topological polar surface area (TPSA) is 58.1 Å². The van der Waals surface area contributed by atoms with Crippen LogP contribution >= 0.6 is 0 Å². The zero-order valence-corrected chi connectivity index (χ0v) is 12.0. The van der Waals surface area contributed by atoms with Crippen LogP contribution in [0.2, 0.25) is 0 Å². The van der Waals surface area contributed by atoms with Gasteiger partial charge in [-0.1, -0.05) is 12.8 Å². The van der Waals surface area contributed by atoms with E-state index in [0.29, 0.717) is 0 Å². The Balaban J connectivity index is 2.01. The van der Waals surface area contributed by atoms with Crippen LogP contribution in [0.3, 0.4) is 0 Å². The lowest BCUT2D eigenvalue weighted by atomic mass is 10.1. The molecule has 2 rings (SSSR count). The second kappa shape index (κ2) is 6.90. The minimum Gasteiger partial charge on any atom is -0.354 e. The number of anilines is 1. The van der Waals surface area contributed by atoms with Crippen molar-refractivity contribution in [1.82, 2.24) is 15.3 Å². The van der Waals surface area contributed by atoms with E-state index in [2.05, 4.69) is 38.9 Å². The predicted molar refractivity (Wildman–Crippen MR) is 78.2 cm³/mol. The fourth-order valence-corrected chi connectivity index (χ4v) is 2.39. The van der Waals surface area contributed by atoms with Gasteiger partial charge in [0.1, 0.15) is 12.1 Å². The van der Waals surface area contributed by atoms with E-state index >= 15 is 0 Å². The van der Waals surface area contributed by atoms with Crippen molar-refractivity contribution < 1.29 is 4.79 Å². The molecule has 1 atom stereocenters. The summed E-state index contributed by atoms with van der Waals surface area (Å²) in [5, 5.41) is 2.95. The molecule has 0 spiro atoms. The number of aromatic nitrogens is 2. The summed E-state index contributed by atoms with van der Waals surface area (Å²) in [6.45, 7) is 5.48. The van der Waals surface area contributed by atoms with E-state index in [9.17, 15) is 4.79 Å². The summed E-state index contributed by atoms with van der Waals surface area (Å²) in [5.74, 6) is 5.88. The van der Waals surface area contributed by atoms with Crippen molar-refractivity contribution in [1.29, 1.82) is 0 Å². The summed E-state index contributed by atoms with van der Waals surface area (Å²) in [4.78, 5) is 22.3. The fourth-order valence-electron chi connectivity index (χ4n) is 2.39. The summed E-state index contributed by atoms with van der Waals surface area (Å²) in [7, 11) is 0. The Kier molecular flexibility index (Phi) is 4.94. The smallest absolute Gasteiger partial charge is 0.296 e. The van der Waals surface area contributed by atoms with Gasteiger partial charge in [-0.05, 0) is 32.1 Å². The highest BCUT2D eigenvalue weighted by molar-refractivity contribution is 5.93. The molecule has 5 heteroatoms. The zero-order chi connectivity index (χ0) is 14.4. The highest BCUT2D eigenvalue weighted by Gasteiger charge is 2.22. The molecule has 1 aromatic heterocycles. The Morgan fingerprint density at radius 2 is 2.40 bits per heavy atom. The van der Waals surface area contributed by atoms with Crippen LogP contribution < -0.4 is 10.2 Å². The van der Waals surface area contributed by atoms with Gasteiger partial charge < -0.3 is 10.2 Å². The van der Waals surface area contributed by atoms with Crippen LogP contribution in [0.5, 0.6) is 0 Å². The van der Waals surface area contributed by atoms with Crippen LogP contribution in [0.25, 0.3) is 0 Å². The van der Waals surface area contributed by atoms with Crippen LogP contribution in [-0.4, -0.2) is 35.0 Å². The van der Waals surface area contributed by atoms with Crippen molar-refractivity contribution in [3.05, 3.63) is 18.1 Å². The van der Waals surface area contributed by atoms with Crippen LogP contribution in [0, 0.1) is 11.8 Å². The van der Waals surface area contributed by atoms with Gasteiger partial charge in [-0.2, -0.15) is 0 Å². The number of piperidine rings is 1. The van der Waals surface area contributed by atoms with Crippen molar-refractivity contribution in [2.75, 3.05) is 18.0 Å². The van der Waals surface area contributed by atoms with E-state index < -0.39 is 0 Å². The molecule has 1 amide bonds. The minimum absolute atomic E-state index is 0.136. The molecule has 0 bridgehead atoms. The Hall–Kier alpha value is -2.09. The lowest BCUT2D eigenvalue weighted by molar-refractivity contribution is -0.116. The minimum atomic E-state index is -0.198. The molecule has 2 heterocycles. The van der Waals surface area contributed by atoms with Crippen molar-refractivity contribution >= 4 is 11.7 Å². The Bertz CT molecular complexity index is 532. The first-order chi connectivity index (χ1) is 9.72. The van der Waals surface area contributed by atoms with Gasteiger partial charge in [-0.3, -0.25) is 4.79 Å². The molecule has 1 aromatic rings. The number of hydrogen-bond donors (Lipinski definition) is 1. The van der Waals surface area contributed by atoms with Gasteiger partial charge >= 0.3 is 0 Å². The molecule has 0 aromatic carbocycles. The molecular formula is C15H20N4O. The largest absolute Gasteiger partial charge is 0.354 e. The van der Waals surface area contributed by atoms with Gasteiger partial charge in [0.2, 0.25) is 0 Å². The SMILES string of the molecule is CC#CC(=O)N[C@@H]1CCCN(c2cc(CC)ncn2)C1. The molecule has 1 N–H and O–H groups in total. The molecule has 20 heavy (non-hydrogen) atoms. The number of amides is 1. The first kappa shape index (κ1) is 14.3. The molecule has 1 aliphatic rings.